The van der Waals surface area contributed by atoms with Gasteiger partial charge < -0.3 is 29.2 Å². The summed E-state index contributed by atoms with van der Waals surface area (Å²) < 4.78 is 56.6. The first-order valence-electron chi connectivity index (χ1n) is 10.5. The summed E-state index contributed by atoms with van der Waals surface area (Å²) in [6.45, 7) is 2.82. The molecule has 1 aromatic heterocycles. The van der Waals surface area contributed by atoms with Gasteiger partial charge in [0.15, 0.2) is 5.82 Å². The van der Waals surface area contributed by atoms with Crippen molar-refractivity contribution in [2.45, 2.75) is 31.7 Å². The van der Waals surface area contributed by atoms with E-state index in [9.17, 15) is 23.1 Å². The maximum Gasteiger partial charge on any atom is 0.573 e. The van der Waals surface area contributed by atoms with Gasteiger partial charge in [0.25, 0.3) is 11.8 Å². The predicted octanol–water partition coefficient (Wildman–Crippen LogP) is 3.41. The van der Waals surface area contributed by atoms with Crippen LogP contribution in [0.5, 0.6) is 5.75 Å². The first-order valence-corrected chi connectivity index (χ1v) is 10.5. The molecule has 0 fully saturated rings. The Hall–Kier alpha value is -3.38. The summed E-state index contributed by atoms with van der Waals surface area (Å²) in [5.41, 5.74) is 0.327. The number of ether oxygens (including phenoxy) is 3. The van der Waals surface area contributed by atoms with Crippen LogP contribution in [0.4, 0.5) is 13.2 Å². The quantitative estimate of drug-likeness (QED) is 0.467. The lowest BCUT2D eigenvalue weighted by Gasteiger charge is -2.15. The van der Waals surface area contributed by atoms with Crippen molar-refractivity contribution in [1.82, 2.24) is 15.5 Å². The monoisotopic (exact) mass is 483 g/mol. The van der Waals surface area contributed by atoms with Gasteiger partial charge in [-0.15, -0.1) is 13.2 Å². The molecule has 9 nitrogen and oxygen atoms in total. The van der Waals surface area contributed by atoms with E-state index in [0.29, 0.717) is 31.1 Å². The summed E-state index contributed by atoms with van der Waals surface area (Å²) in [4.78, 5) is 16.7. The molecule has 1 aromatic carbocycles. The lowest BCUT2D eigenvalue weighted by atomic mass is 9.99. The number of carbonyl (C=O) groups is 1. The van der Waals surface area contributed by atoms with Crippen molar-refractivity contribution in [3.8, 4) is 5.75 Å². The Balaban J connectivity index is 1.56. The summed E-state index contributed by atoms with van der Waals surface area (Å²) in [7, 11) is 0. The van der Waals surface area contributed by atoms with Gasteiger partial charge in [-0.1, -0.05) is 11.2 Å². The van der Waals surface area contributed by atoms with Crippen LogP contribution in [0.25, 0.3) is 0 Å². The number of halogens is 3. The summed E-state index contributed by atoms with van der Waals surface area (Å²) in [6.07, 6.45) is -0.709. The molecular weight excluding hydrogens is 459 g/mol. The molecular formula is C22H24F3N3O6. The van der Waals surface area contributed by atoms with Gasteiger partial charge in [-0.25, -0.2) is 0 Å². The van der Waals surface area contributed by atoms with Crippen LogP contribution in [-0.2, 0) is 9.47 Å². The van der Waals surface area contributed by atoms with E-state index in [2.05, 4.69) is 20.2 Å². The molecule has 2 N–H and O–H groups in total. The number of nitrogens with one attached hydrogen (secondary N) is 1. The number of hydrogen-bond donors (Lipinski definition) is 2. The zero-order valence-corrected chi connectivity index (χ0v) is 18.2. The molecule has 1 aliphatic carbocycles. The predicted molar refractivity (Wildman–Crippen MR) is 112 cm³/mol. The SMILES string of the molecule is CCOCCOc1ccc(C(=O)N[C@@H](CO)c2nc(C3C=CC(OC(F)(F)F)=CC3)no2)cc1. The van der Waals surface area contributed by atoms with Crippen molar-refractivity contribution in [2.24, 2.45) is 0 Å². The van der Waals surface area contributed by atoms with Gasteiger partial charge >= 0.3 is 6.36 Å². The molecule has 1 unspecified atom stereocenters. The van der Waals surface area contributed by atoms with Crippen LogP contribution >= 0.6 is 0 Å². The van der Waals surface area contributed by atoms with Gasteiger partial charge in [0.05, 0.1) is 13.2 Å². The molecule has 2 aromatic rings. The second kappa shape index (κ2) is 11.7. The molecule has 1 aliphatic rings. The van der Waals surface area contributed by atoms with Crippen LogP contribution in [0.2, 0.25) is 0 Å². The molecule has 34 heavy (non-hydrogen) atoms. The zero-order chi connectivity index (χ0) is 24.6. The standard InChI is InChI=1S/C22H24F3N3O6/c1-2-31-11-12-32-16-7-5-15(6-8-16)20(30)26-18(13-29)21-27-19(28-34-21)14-3-9-17(10-4-14)33-22(23,24)25/h3,5-10,14,18,29H,2,4,11-13H2,1H3,(H,26,30)/t14?,18-/m0/s1. The van der Waals surface area contributed by atoms with E-state index in [1.165, 1.54) is 18.2 Å². The molecule has 1 heterocycles. The highest BCUT2D eigenvalue weighted by Gasteiger charge is 2.32. The Labute approximate surface area is 193 Å². The lowest BCUT2D eigenvalue weighted by molar-refractivity contribution is -0.303. The molecule has 3 rings (SSSR count). The molecule has 0 radical (unpaired) electrons. The number of allylic oxidation sites excluding steroid dienone is 3. The number of aliphatic hydroxyl groups is 1. The van der Waals surface area contributed by atoms with Crippen LogP contribution in [0.15, 0.2) is 52.8 Å². The molecule has 0 spiro atoms. The molecule has 0 aliphatic heterocycles. The number of rotatable bonds is 11. The summed E-state index contributed by atoms with van der Waals surface area (Å²) in [6, 6.07) is 5.44. The first-order chi connectivity index (χ1) is 16.3. The Morgan fingerprint density at radius 2 is 2.06 bits per heavy atom. The second-order valence-corrected chi connectivity index (χ2v) is 7.12. The molecule has 0 bridgehead atoms. The smallest absolute Gasteiger partial charge is 0.491 e. The van der Waals surface area contributed by atoms with Gasteiger partial charge in [0.2, 0.25) is 0 Å². The molecule has 1 amide bonds. The van der Waals surface area contributed by atoms with Crippen LogP contribution in [0.3, 0.4) is 0 Å². The first kappa shape index (κ1) is 25.2. The highest BCUT2D eigenvalue weighted by Crippen LogP contribution is 2.29. The second-order valence-electron chi connectivity index (χ2n) is 7.12. The van der Waals surface area contributed by atoms with E-state index >= 15 is 0 Å². The third kappa shape index (κ3) is 7.32. The largest absolute Gasteiger partial charge is 0.573 e. The fraction of sp³-hybridized carbons (Fsp3) is 0.409. The number of aromatic nitrogens is 2. The van der Waals surface area contributed by atoms with Crippen molar-refractivity contribution < 1.29 is 41.8 Å². The van der Waals surface area contributed by atoms with E-state index in [1.54, 1.807) is 24.3 Å². The van der Waals surface area contributed by atoms with Crippen LogP contribution in [0, 0.1) is 0 Å². The Kier molecular flexibility index (Phi) is 8.66. The van der Waals surface area contributed by atoms with Gasteiger partial charge in [0, 0.05) is 18.1 Å². The lowest BCUT2D eigenvalue weighted by Crippen LogP contribution is -2.31. The van der Waals surface area contributed by atoms with E-state index in [0.717, 1.165) is 0 Å². The van der Waals surface area contributed by atoms with Crippen molar-refractivity contribution in [1.29, 1.82) is 0 Å². The maximum absolute atomic E-state index is 12.6. The van der Waals surface area contributed by atoms with Crippen molar-refractivity contribution in [3.05, 3.63) is 65.5 Å². The number of hydrogen-bond acceptors (Lipinski definition) is 8. The number of carbonyl (C=O) groups excluding carboxylic acids is 1. The van der Waals surface area contributed by atoms with Gasteiger partial charge in [-0.05, 0) is 49.8 Å². The third-order valence-electron chi connectivity index (χ3n) is 4.69. The molecule has 0 saturated heterocycles. The van der Waals surface area contributed by atoms with Gasteiger partial charge in [-0.2, -0.15) is 4.98 Å². The summed E-state index contributed by atoms with van der Waals surface area (Å²) in [5.74, 6) is -0.489. The fourth-order valence-corrected chi connectivity index (χ4v) is 3.03. The Morgan fingerprint density at radius 3 is 2.68 bits per heavy atom. The molecule has 0 saturated carbocycles. The number of benzene rings is 1. The van der Waals surface area contributed by atoms with E-state index in [1.807, 2.05) is 6.92 Å². The highest BCUT2D eigenvalue weighted by atomic mass is 19.4. The minimum atomic E-state index is -4.77. The van der Waals surface area contributed by atoms with Crippen molar-refractivity contribution in [3.63, 3.8) is 0 Å². The number of nitrogens with zero attached hydrogens (tertiary/aromatic N) is 2. The average Bonchev–Trinajstić information content (AvgIpc) is 3.30. The normalized spacial score (nSPS) is 16.6. The number of aliphatic hydroxyl groups excluding tert-OH is 1. The van der Waals surface area contributed by atoms with E-state index < -0.39 is 30.8 Å². The Morgan fingerprint density at radius 1 is 1.29 bits per heavy atom. The molecule has 184 valence electrons. The van der Waals surface area contributed by atoms with Crippen molar-refractivity contribution >= 4 is 5.91 Å². The van der Waals surface area contributed by atoms with Crippen LogP contribution in [0.1, 0.15) is 47.4 Å². The minimum Gasteiger partial charge on any atom is -0.491 e. The highest BCUT2D eigenvalue weighted by molar-refractivity contribution is 5.94. The molecule has 2 atom stereocenters. The summed E-state index contributed by atoms with van der Waals surface area (Å²) >= 11 is 0. The summed E-state index contributed by atoms with van der Waals surface area (Å²) in [5, 5.41) is 16.1. The van der Waals surface area contributed by atoms with Crippen LogP contribution in [-0.4, -0.2) is 53.9 Å². The van der Waals surface area contributed by atoms with E-state index in [-0.39, 0.29) is 23.9 Å². The Bertz CT molecular complexity index is 1000. The average molecular weight is 483 g/mol. The topological polar surface area (TPSA) is 116 Å². The van der Waals surface area contributed by atoms with Crippen molar-refractivity contribution in [2.75, 3.05) is 26.4 Å². The molecule has 12 heteroatoms. The van der Waals surface area contributed by atoms with Gasteiger partial charge in [0.1, 0.15) is 24.2 Å². The number of amides is 1. The zero-order valence-electron chi connectivity index (χ0n) is 18.2. The maximum atomic E-state index is 12.6. The minimum absolute atomic E-state index is 0.0311. The van der Waals surface area contributed by atoms with E-state index in [4.69, 9.17) is 14.0 Å². The van der Waals surface area contributed by atoms with Gasteiger partial charge in [-0.3, -0.25) is 4.79 Å². The third-order valence-corrected chi connectivity index (χ3v) is 4.69. The van der Waals surface area contributed by atoms with Crippen LogP contribution < -0.4 is 10.1 Å². The fourth-order valence-electron chi connectivity index (χ4n) is 3.03. The number of alkyl halides is 3.